The van der Waals surface area contributed by atoms with Gasteiger partial charge in [0.15, 0.2) is 11.0 Å². The van der Waals surface area contributed by atoms with Crippen molar-refractivity contribution in [3.05, 3.63) is 105 Å². The van der Waals surface area contributed by atoms with Crippen LogP contribution in [0.15, 0.2) is 84.0 Å². The third kappa shape index (κ3) is 6.01. The lowest BCUT2D eigenvalue weighted by Gasteiger charge is -2.11. The van der Waals surface area contributed by atoms with Crippen LogP contribution in [-0.2, 0) is 11.4 Å². The van der Waals surface area contributed by atoms with E-state index in [1.54, 1.807) is 4.57 Å². The number of amides is 1. The number of para-hydroxylation sites is 1. The zero-order valence-electron chi connectivity index (χ0n) is 18.5. The largest absolute Gasteiger partial charge is 0.486 e. The van der Waals surface area contributed by atoms with E-state index in [0.29, 0.717) is 22.4 Å². The van der Waals surface area contributed by atoms with Crippen LogP contribution in [0.3, 0.4) is 0 Å². The first-order valence-corrected chi connectivity index (χ1v) is 11.4. The molecule has 0 saturated carbocycles. The molecule has 13 heteroatoms. The van der Waals surface area contributed by atoms with Crippen molar-refractivity contribution in [3.8, 4) is 11.4 Å². The molecule has 0 unspecified atom stereocenters. The first kappa shape index (κ1) is 24.3. The van der Waals surface area contributed by atoms with Crippen molar-refractivity contribution in [2.45, 2.75) is 11.8 Å². The SMILES string of the molecule is O=C(CSc1nnc(COc2ccc([N+](=O)[O-])cc2)n1-c1ccccc1)Nc1ccc([N+](=O)[O-])cc1. The van der Waals surface area contributed by atoms with Crippen molar-refractivity contribution >= 4 is 34.7 Å². The number of rotatable bonds is 10. The summed E-state index contributed by atoms with van der Waals surface area (Å²) >= 11 is 1.16. The zero-order valence-corrected chi connectivity index (χ0v) is 19.3. The van der Waals surface area contributed by atoms with Crippen molar-refractivity contribution in [2.75, 3.05) is 11.1 Å². The van der Waals surface area contributed by atoms with E-state index in [0.717, 1.165) is 17.4 Å². The van der Waals surface area contributed by atoms with Crippen molar-refractivity contribution in [1.29, 1.82) is 0 Å². The number of carbonyl (C=O) groups excluding carboxylic acids is 1. The van der Waals surface area contributed by atoms with Gasteiger partial charge in [0.25, 0.3) is 11.4 Å². The van der Waals surface area contributed by atoms with Crippen LogP contribution in [-0.4, -0.2) is 36.3 Å². The van der Waals surface area contributed by atoms with E-state index >= 15 is 0 Å². The summed E-state index contributed by atoms with van der Waals surface area (Å²) in [5.41, 5.74) is 1.10. The smallest absolute Gasteiger partial charge is 0.269 e. The molecule has 1 aromatic heterocycles. The topological polar surface area (TPSA) is 155 Å². The van der Waals surface area contributed by atoms with Gasteiger partial charge < -0.3 is 10.1 Å². The second-order valence-electron chi connectivity index (χ2n) is 7.25. The zero-order chi connectivity index (χ0) is 25.5. The van der Waals surface area contributed by atoms with E-state index in [4.69, 9.17) is 4.74 Å². The molecule has 12 nitrogen and oxygen atoms in total. The van der Waals surface area contributed by atoms with Gasteiger partial charge in [0, 0.05) is 35.6 Å². The lowest BCUT2D eigenvalue weighted by Crippen LogP contribution is -2.14. The number of non-ortho nitro benzene ring substituents is 2. The number of ether oxygens (including phenoxy) is 1. The molecule has 36 heavy (non-hydrogen) atoms. The van der Waals surface area contributed by atoms with E-state index in [-0.39, 0.29) is 29.6 Å². The molecule has 1 heterocycles. The second-order valence-corrected chi connectivity index (χ2v) is 8.19. The maximum absolute atomic E-state index is 12.4. The van der Waals surface area contributed by atoms with Gasteiger partial charge in [0.1, 0.15) is 12.4 Å². The Bertz CT molecular complexity index is 1380. The molecule has 0 fully saturated rings. The number of nitro benzene ring substituents is 2. The average molecular weight is 507 g/mol. The van der Waals surface area contributed by atoms with E-state index in [9.17, 15) is 25.0 Å². The molecule has 0 aliphatic rings. The van der Waals surface area contributed by atoms with Crippen molar-refractivity contribution < 1.29 is 19.4 Å². The van der Waals surface area contributed by atoms with Crippen molar-refractivity contribution in [1.82, 2.24) is 14.8 Å². The molecule has 182 valence electrons. The van der Waals surface area contributed by atoms with E-state index in [1.165, 1.54) is 48.5 Å². The van der Waals surface area contributed by atoms with Gasteiger partial charge in [0.2, 0.25) is 5.91 Å². The van der Waals surface area contributed by atoms with Crippen LogP contribution in [0.25, 0.3) is 5.69 Å². The molecule has 0 aliphatic heterocycles. The fourth-order valence-corrected chi connectivity index (χ4v) is 3.90. The highest BCUT2D eigenvalue weighted by molar-refractivity contribution is 7.99. The molecule has 4 aromatic rings. The predicted molar refractivity (Wildman–Crippen MR) is 131 cm³/mol. The number of nitrogens with one attached hydrogen (secondary N) is 1. The van der Waals surface area contributed by atoms with Crippen molar-refractivity contribution in [2.24, 2.45) is 0 Å². The molecule has 4 rings (SSSR count). The summed E-state index contributed by atoms with van der Waals surface area (Å²) in [5.74, 6) is 0.600. The van der Waals surface area contributed by atoms with Crippen LogP contribution in [0, 0.1) is 20.2 Å². The first-order chi connectivity index (χ1) is 17.4. The molecule has 0 atom stereocenters. The normalized spacial score (nSPS) is 10.6. The molecule has 0 radical (unpaired) electrons. The Morgan fingerprint density at radius 2 is 1.50 bits per heavy atom. The van der Waals surface area contributed by atoms with Crippen LogP contribution in [0.2, 0.25) is 0 Å². The summed E-state index contributed by atoms with van der Waals surface area (Å²) in [6.07, 6.45) is 0. The number of hydrogen-bond acceptors (Lipinski definition) is 9. The summed E-state index contributed by atoms with van der Waals surface area (Å²) in [5, 5.41) is 33.2. The summed E-state index contributed by atoms with van der Waals surface area (Å²) in [6, 6.07) is 20.5. The number of nitro groups is 2. The van der Waals surface area contributed by atoms with Gasteiger partial charge in [-0.25, -0.2) is 0 Å². The fraction of sp³-hybridized carbons (Fsp3) is 0.0870. The molecule has 0 bridgehead atoms. The Labute approximate surface area is 208 Å². The van der Waals surface area contributed by atoms with E-state index in [2.05, 4.69) is 15.5 Å². The van der Waals surface area contributed by atoms with Gasteiger partial charge in [-0.1, -0.05) is 30.0 Å². The predicted octanol–water partition coefficient (Wildman–Crippen LogP) is 4.39. The highest BCUT2D eigenvalue weighted by atomic mass is 32.2. The molecule has 3 aromatic carbocycles. The number of thioether (sulfide) groups is 1. The fourth-order valence-electron chi connectivity index (χ4n) is 3.13. The van der Waals surface area contributed by atoms with Gasteiger partial charge >= 0.3 is 0 Å². The Morgan fingerprint density at radius 3 is 2.11 bits per heavy atom. The molecule has 1 N–H and O–H groups in total. The summed E-state index contributed by atoms with van der Waals surface area (Å²) in [6.45, 7) is 0.0370. The minimum Gasteiger partial charge on any atom is -0.486 e. The lowest BCUT2D eigenvalue weighted by molar-refractivity contribution is -0.385. The minimum atomic E-state index is -0.513. The highest BCUT2D eigenvalue weighted by Gasteiger charge is 2.17. The quantitative estimate of drug-likeness (QED) is 0.187. The number of carbonyl (C=O) groups is 1. The monoisotopic (exact) mass is 506 g/mol. The molecule has 0 aliphatic carbocycles. The Balaban J connectivity index is 1.45. The first-order valence-electron chi connectivity index (χ1n) is 10.4. The number of aromatic nitrogens is 3. The van der Waals surface area contributed by atoms with Gasteiger partial charge in [-0.15, -0.1) is 10.2 Å². The van der Waals surface area contributed by atoms with Crippen LogP contribution in [0.1, 0.15) is 5.82 Å². The number of benzene rings is 3. The Kier molecular flexibility index (Phi) is 7.51. The maximum Gasteiger partial charge on any atom is 0.269 e. The number of hydrogen-bond donors (Lipinski definition) is 1. The third-order valence-electron chi connectivity index (χ3n) is 4.82. The van der Waals surface area contributed by atoms with Gasteiger partial charge in [-0.2, -0.15) is 0 Å². The molecular formula is C23H18N6O6S. The second kappa shape index (κ2) is 11.1. The van der Waals surface area contributed by atoms with Crippen LogP contribution in [0.5, 0.6) is 5.75 Å². The van der Waals surface area contributed by atoms with Gasteiger partial charge in [-0.3, -0.25) is 29.6 Å². The van der Waals surface area contributed by atoms with Crippen LogP contribution in [0.4, 0.5) is 17.1 Å². The molecule has 0 saturated heterocycles. The van der Waals surface area contributed by atoms with Gasteiger partial charge in [0.05, 0.1) is 15.6 Å². The van der Waals surface area contributed by atoms with E-state index in [1.807, 2.05) is 30.3 Å². The van der Waals surface area contributed by atoms with Crippen LogP contribution >= 0.6 is 11.8 Å². The van der Waals surface area contributed by atoms with Crippen LogP contribution < -0.4 is 10.1 Å². The molecule has 0 spiro atoms. The third-order valence-corrected chi connectivity index (χ3v) is 5.75. The van der Waals surface area contributed by atoms with E-state index < -0.39 is 9.85 Å². The summed E-state index contributed by atoms with van der Waals surface area (Å²) < 4.78 is 7.51. The lowest BCUT2D eigenvalue weighted by atomic mass is 10.3. The Morgan fingerprint density at radius 1 is 0.889 bits per heavy atom. The maximum atomic E-state index is 12.4. The molecular weight excluding hydrogens is 488 g/mol. The summed E-state index contributed by atoms with van der Waals surface area (Å²) in [7, 11) is 0. The summed E-state index contributed by atoms with van der Waals surface area (Å²) in [4.78, 5) is 33.1. The average Bonchev–Trinajstić information content (AvgIpc) is 3.30. The number of nitrogens with zero attached hydrogens (tertiary/aromatic N) is 5. The van der Waals surface area contributed by atoms with Gasteiger partial charge in [-0.05, 0) is 36.4 Å². The van der Waals surface area contributed by atoms with Crippen molar-refractivity contribution in [3.63, 3.8) is 0 Å². The minimum absolute atomic E-state index is 0.0190. The highest BCUT2D eigenvalue weighted by Crippen LogP contribution is 2.24. The number of anilines is 1. The Hall–Kier alpha value is -4.78. The molecule has 1 amide bonds. The standard InChI is InChI=1S/C23H18N6O6S/c30-22(24-16-6-8-18(9-7-16)28(31)32)15-36-23-26-25-21(27(23)17-4-2-1-3-5-17)14-35-20-12-10-19(11-13-20)29(33)34/h1-13H,14-15H2,(H,24,30).